The molecule has 2 aromatic carbocycles. The highest BCUT2D eigenvalue weighted by atomic mass is 79.9. The molecule has 2 aromatic rings. The van der Waals surface area contributed by atoms with E-state index < -0.39 is 0 Å². The first-order valence-corrected chi connectivity index (χ1v) is 9.13. The summed E-state index contributed by atoms with van der Waals surface area (Å²) in [4.78, 5) is 0. The van der Waals surface area contributed by atoms with Crippen molar-refractivity contribution >= 4 is 53.5 Å². The number of hydrogen-bond acceptors (Lipinski definition) is 2. The first kappa shape index (κ1) is 15.4. The third kappa shape index (κ3) is 3.46. The summed E-state index contributed by atoms with van der Waals surface area (Å²) in [6, 6.07) is 12.4. The molecule has 1 N–H and O–H groups in total. The molecule has 1 unspecified atom stereocenters. The minimum atomic E-state index is 0.470. The Balaban J connectivity index is 1.78. The summed E-state index contributed by atoms with van der Waals surface area (Å²) in [6.45, 7) is 1.67. The zero-order chi connectivity index (χ0) is 14.8. The van der Waals surface area contributed by atoms with Gasteiger partial charge < -0.3 is 10.1 Å². The van der Waals surface area contributed by atoms with Gasteiger partial charge >= 0.3 is 0 Å². The van der Waals surface area contributed by atoms with Crippen LogP contribution < -0.4 is 10.1 Å². The number of anilines is 1. The number of rotatable bonds is 3. The van der Waals surface area contributed by atoms with Crippen molar-refractivity contribution in [3.8, 4) is 5.75 Å². The molecule has 0 spiro atoms. The second kappa shape index (κ2) is 6.71. The fraction of sp³-hybridized carbons (Fsp3) is 0.250. The average molecular weight is 476 g/mol. The molecule has 1 heterocycles. The molecule has 0 bridgehead atoms. The maximum atomic E-state index is 5.72. The van der Waals surface area contributed by atoms with Crippen molar-refractivity contribution in [2.75, 3.05) is 18.5 Å². The zero-order valence-electron chi connectivity index (χ0n) is 11.2. The van der Waals surface area contributed by atoms with Gasteiger partial charge in [0.25, 0.3) is 0 Å². The van der Waals surface area contributed by atoms with Gasteiger partial charge in [-0.2, -0.15) is 0 Å². The van der Waals surface area contributed by atoms with Crippen LogP contribution in [0.1, 0.15) is 17.9 Å². The van der Waals surface area contributed by atoms with Crippen LogP contribution in [-0.2, 0) is 0 Å². The maximum absolute atomic E-state index is 5.72. The van der Waals surface area contributed by atoms with E-state index in [4.69, 9.17) is 4.74 Å². The lowest BCUT2D eigenvalue weighted by Crippen LogP contribution is -2.21. The molecule has 0 radical (unpaired) electrons. The number of nitrogens with one attached hydrogen (secondary N) is 1. The lowest BCUT2D eigenvalue weighted by Gasteiger charge is -2.26. The van der Waals surface area contributed by atoms with E-state index in [9.17, 15) is 0 Å². The summed E-state index contributed by atoms with van der Waals surface area (Å²) in [6.07, 6.45) is 1.04. The first-order valence-electron chi connectivity index (χ1n) is 6.75. The second-order valence-corrected chi connectivity index (χ2v) is 7.62. The molecule has 1 atom stereocenters. The average Bonchev–Trinajstić information content (AvgIpc) is 2.46. The van der Waals surface area contributed by atoms with Crippen LogP contribution in [0, 0.1) is 0 Å². The van der Waals surface area contributed by atoms with Gasteiger partial charge in [-0.1, -0.05) is 34.1 Å². The molecule has 3 rings (SSSR count). The Kier molecular flexibility index (Phi) is 4.92. The van der Waals surface area contributed by atoms with Crippen LogP contribution in [0.2, 0.25) is 0 Å². The largest absolute Gasteiger partial charge is 0.493 e. The van der Waals surface area contributed by atoms with Gasteiger partial charge in [0.1, 0.15) is 5.75 Å². The number of fused-ring (bicyclic) bond motifs is 1. The van der Waals surface area contributed by atoms with Gasteiger partial charge in [-0.3, -0.25) is 0 Å². The molecule has 0 fully saturated rings. The van der Waals surface area contributed by atoms with Crippen molar-refractivity contribution in [2.45, 2.75) is 12.3 Å². The van der Waals surface area contributed by atoms with Gasteiger partial charge in [0.05, 0.1) is 12.3 Å². The predicted octanol–water partition coefficient (Wildman–Crippen LogP) is 5.95. The Morgan fingerprint density at radius 2 is 1.81 bits per heavy atom. The van der Waals surface area contributed by atoms with Gasteiger partial charge in [0.15, 0.2) is 0 Å². The van der Waals surface area contributed by atoms with Crippen molar-refractivity contribution < 1.29 is 4.74 Å². The molecular formula is C16H14Br3NO. The van der Waals surface area contributed by atoms with Crippen LogP contribution >= 0.6 is 47.8 Å². The lowest BCUT2D eigenvalue weighted by molar-refractivity contribution is 0.270. The first-order chi connectivity index (χ1) is 10.1. The van der Waals surface area contributed by atoms with E-state index in [1.54, 1.807) is 0 Å². The Morgan fingerprint density at radius 3 is 2.57 bits per heavy atom. The van der Waals surface area contributed by atoms with Crippen molar-refractivity contribution in [1.29, 1.82) is 0 Å². The maximum Gasteiger partial charge on any atom is 0.122 e. The topological polar surface area (TPSA) is 21.3 Å². The van der Waals surface area contributed by atoms with Crippen LogP contribution in [0.15, 0.2) is 49.8 Å². The fourth-order valence-corrected chi connectivity index (χ4v) is 5.10. The van der Waals surface area contributed by atoms with Crippen LogP contribution in [0.4, 0.5) is 5.69 Å². The van der Waals surface area contributed by atoms with Crippen molar-refractivity contribution in [3.05, 3.63) is 55.4 Å². The van der Waals surface area contributed by atoms with Crippen LogP contribution in [-0.4, -0.2) is 13.2 Å². The molecule has 1 aliphatic rings. The smallest absolute Gasteiger partial charge is 0.122 e. The number of benzene rings is 2. The summed E-state index contributed by atoms with van der Waals surface area (Å²) in [5, 5.41) is 3.55. The summed E-state index contributed by atoms with van der Waals surface area (Å²) in [5.41, 5.74) is 2.38. The summed E-state index contributed by atoms with van der Waals surface area (Å²) in [7, 11) is 0. The molecule has 0 aromatic heterocycles. The van der Waals surface area contributed by atoms with Gasteiger partial charge in [-0.25, -0.2) is 0 Å². The molecule has 0 amide bonds. The Hall–Kier alpha value is -0.520. The highest BCUT2D eigenvalue weighted by molar-refractivity contribution is 9.11. The predicted molar refractivity (Wildman–Crippen MR) is 97.3 cm³/mol. The van der Waals surface area contributed by atoms with E-state index in [0.717, 1.165) is 44.4 Å². The molecule has 2 nitrogen and oxygen atoms in total. The minimum Gasteiger partial charge on any atom is -0.493 e. The molecule has 21 heavy (non-hydrogen) atoms. The monoisotopic (exact) mass is 473 g/mol. The van der Waals surface area contributed by atoms with Gasteiger partial charge in [0, 0.05) is 25.9 Å². The van der Waals surface area contributed by atoms with Crippen molar-refractivity contribution in [3.63, 3.8) is 0 Å². The standard InChI is InChI=1S/C16H14Br3NO/c17-11-7-13(18)16(14(19)8-11)20-9-10-5-6-21-15-4-2-1-3-12(10)15/h1-4,7-8,10,20H,5-6,9H2. The Morgan fingerprint density at radius 1 is 1.10 bits per heavy atom. The summed E-state index contributed by atoms with van der Waals surface area (Å²) >= 11 is 10.7. The molecule has 0 aliphatic carbocycles. The van der Waals surface area contributed by atoms with E-state index in [2.05, 4.69) is 65.2 Å². The normalized spacial score (nSPS) is 17.0. The van der Waals surface area contributed by atoms with E-state index in [0.29, 0.717) is 5.92 Å². The highest BCUT2D eigenvalue weighted by Crippen LogP contribution is 2.37. The van der Waals surface area contributed by atoms with Crippen molar-refractivity contribution in [1.82, 2.24) is 0 Å². The molecule has 0 saturated carbocycles. The van der Waals surface area contributed by atoms with Crippen LogP contribution in [0.3, 0.4) is 0 Å². The Bertz CT molecular complexity index is 637. The summed E-state index contributed by atoms with van der Waals surface area (Å²) < 4.78 is 8.85. The SMILES string of the molecule is Brc1cc(Br)c(NCC2CCOc3ccccc32)c(Br)c1. The van der Waals surface area contributed by atoms with E-state index in [-0.39, 0.29) is 0 Å². The molecule has 1 aliphatic heterocycles. The minimum absolute atomic E-state index is 0.470. The number of ether oxygens (including phenoxy) is 1. The van der Waals surface area contributed by atoms with Crippen LogP contribution in [0.25, 0.3) is 0 Å². The molecule has 0 saturated heterocycles. The van der Waals surface area contributed by atoms with Crippen LogP contribution in [0.5, 0.6) is 5.75 Å². The number of hydrogen-bond donors (Lipinski definition) is 1. The third-order valence-electron chi connectivity index (χ3n) is 3.61. The Labute approximate surface area is 149 Å². The van der Waals surface area contributed by atoms with Crippen molar-refractivity contribution in [2.24, 2.45) is 0 Å². The molecule has 110 valence electrons. The zero-order valence-corrected chi connectivity index (χ0v) is 16.0. The van der Waals surface area contributed by atoms with Gasteiger partial charge in [-0.15, -0.1) is 0 Å². The van der Waals surface area contributed by atoms with Gasteiger partial charge in [0.2, 0.25) is 0 Å². The highest BCUT2D eigenvalue weighted by Gasteiger charge is 2.21. The molecule has 5 heteroatoms. The quantitative estimate of drug-likeness (QED) is 0.592. The third-order valence-corrected chi connectivity index (χ3v) is 5.32. The molecular weight excluding hydrogens is 462 g/mol. The second-order valence-electron chi connectivity index (χ2n) is 5.00. The van der Waals surface area contributed by atoms with E-state index in [1.165, 1.54) is 5.56 Å². The van der Waals surface area contributed by atoms with E-state index >= 15 is 0 Å². The lowest BCUT2D eigenvalue weighted by atomic mass is 9.93. The number of halogens is 3. The van der Waals surface area contributed by atoms with E-state index in [1.807, 2.05) is 24.3 Å². The fourth-order valence-electron chi connectivity index (χ4n) is 2.56. The van der Waals surface area contributed by atoms with Gasteiger partial charge in [-0.05, 0) is 62.0 Å². The number of para-hydroxylation sites is 1. The summed E-state index contributed by atoms with van der Waals surface area (Å²) in [5.74, 6) is 1.49.